The van der Waals surface area contributed by atoms with Gasteiger partial charge in [0.15, 0.2) is 5.56 Å². The maximum Gasteiger partial charge on any atom is 0.332 e. The van der Waals surface area contributed by atoms with Crippen LogP contribution in [0.5, 0.6) is 5.75 Å². The lowest BCUT2D eigenvalue weighted by atomic mass is 10.0. The highest BCUT2D eigenvalue weighted by molar-refractivity contribution is 5.53. The van der Waals surface area contributed by atoms with E-state index in [1.54, 1.807) is 7.11 Å². The molecule has 0 saturated carbocycles. The van der Waals surface area contributed by atoms with Crippen LogP contribution in [0.3, 0.4) is 0 Å². The summed E-state index contributed by atoms with van der Waals surface area (Å²) >= 11 is 0. The van der Waals surface area contributed by atoms with Crippen LogP contribution >= 0.6 is 0 Å². The maximum atomic E-state index is 12.2. The van der Waals surface area contributed by atoms with Crippen LogP contribution < -0.4 is 21.3 Å². The number of ether oxygens (including phenoxy) is 1. The van der Waals surface area contributed by atoms with Gasteiger partial charge in [-0.05, 0) is 19.9 Å². The zero-order valence-electron chi connectivity index (χ0n) is 14.4. The van der Waals surface area contributed by atoms with Crippen LogP contribution in [0.2, 0.25) is 0 Å². The first-order valence-electron chi connectivity index (χ1n) is 7.43. The first-order chi connectivity index (χ1) is 11.3. The summed E-state index contributed by atoms with van der Waals surface area (Å²) in [5, 5.41) is 12.4. The summed E-state index contributed by atoms with van der Waals surface area (Å²) in [5.41, 5.74) is 0.710. The minimum Gasteiger partial charge on any atom is -0.496 e. The zero-order valence-corrected chi connectivity index (χ0v) is 14.4. The van der Waals surface area contributed by atoms with Gasteiger partial charge in [0.2, 0.25) is 0 Å². The molecule has 126 valence electrons. The van der Waals surface area contributed by atoms with Gasteiger partial charge in [0, 0.05) is 19.7 Å². The predicted octanol–water partition coefficient (Wildman–Crippen LogP) is 1.45. The Kier molecular flexibility index (Phi) is 4.79. The van der Waals surface area contributed by atoms with Crippen molar-refractivity contribution in [3.05, 3.63) is 55.7 Å². The van der Waals surface area contributed by atoms with Crippen LogP contribution in [0.1, 0.15) is 29.7 Å². The Hall–Kier alpha value is -3.01. The molecule has 2 rings (SSSR count). The smallest absolute Gasteiger partial charge is 0.332 e. The van der Waals surface area contributed by atoms with Crippen molar-refractivity contribution in [3.8, 4) is 11.8 Å². The standard InChI is InChI=1S/C17H20N4O3/c1-10-6-7-14(24-5)12(8-10)11(2)19-15-13(9-18)16(22)21(4)17(23)20(15)3/h6-8,11,19H,1-5H3. The van der Waals surface area contributed by atoms with E-state index in [2.05, 4.69) is 5.32 Å². The third-order valence-electron chi connectivity index (χ3n) is 3.98. The average molecular weight is 328 g/mol. The molecular formula is C17H20N4O3. The van der Waals surface area contributed by atoms with Crippen molar-refractivity contribution in [2.75, 3.05) is 12.4 Å². The van der Waals surface area contributed by atoms with Gasteiger partial charge in [0.25, 0.3) is 5.56 Å². The van der Waals surface area contributed by atoms with E-state index in [9.17, 15) is 14.9 Å². The summed E-state index contributed by atoms with van der Waals surface area (Å²) in [6.07, 6.45) is 0. The second-order valence-corrected chi connectivity index (χ2v) is 5.65. The van der Waals surface area contributed by atoms with Gasteiger partial charge in [-0.3, -0.25) is 13.9 Å². The fraction of sp³-hybridized carbons (Fsp3) is 0.353. The number of hydrogen-bond acceptors (Lipinski definition) is 5. The lowest BCUT2D eigenvalue weighted by Crippen LogP contribution is -2.40. The number of rotatable bonds is 4. The van der Waals surface area contributed by atoms with Gasteiger partial charge in [-0.1, -0.05) is 17.7 Å². The van der Waals surface area contributed by atoms with Gasteiger partial charge in [0.05, 0.1) is 13.2 Å². The Balaban J connectivity index is 2.57. The number of anilines is 1. The predicted molar refractivity (Wildman–Crippen MR) is 91.4 cm³/mol. The summed E-state index contributed by atoms with van der Waals surface area (Å²) in [6, 6.07) is 7.36. The molecule has 1 heterocycles. The molecule has 0 bridgehead atoms. The molecule has 1 aromatic carbocycles. The van der Waals surface area contributed by atoms with E-state index in [1.807, 2.05) is 38.1 Å². The maximum absolute atomic E-state index is 12.2. The summed E-state index contributed by atoms with van der Waals surface area (Å²) in [7, 11) is 4.45. The van der Waals surface area contributed by atoms with E-state index in [0.29, 0.717) is 5.75 Å². The van der Waals surface area contributed by atoms with Gasteiger partial charge in [0.1, 0.15) is 17.6 Å². The third-order valence-corrected chi connectivity index (χ3v) is 3.98. The second kappa shape index (κ2) is 6.62. The SMILES string of the molecule is COc1ccc(C)cc1C(C)Nc1c(C#N)c(=O)n(C)c(=O)n1C. The van der Waals surface area contributed by atoms with Gasteiger partial charge >= 0.3 is 5.69 Å². The molecule has 24 heavy (non-hydrogen) atoms. The van der Waals surface area contributed by atoms with Crippen molar-refractivity contribution in [1.29, 1.82) is 5.26 Å². The van der Waals surface area contributed by atoms with E-state index < -0.39 is 11.2 Å². The summed E-state index contributed by atoms with van der Waals surface area (Å²) < 4.78 is 7.55. The van der Waals surface area contributed by atoms with E-state index in [0.717, 1.165) is 15.7 Å². The van der Waals surface area contributed by atoms with Crippen LogP contribution in [-0.2, 0) is 14.1 Å². The number of nitrogens with zero attached hydrogens (tertiary/aromatic N) is 3. The van der Waals surface area contributed by atoms with Crippen molar-refractivity contribution in [1.82, 2.24) is 9.13 Å². The average Bonchev–Trinajstić information content (AvgIpc) is 2.57. The van der Waals surface area contributed by atoms with Gasteiger partial charge in [-0.15, -0.1) is 0 Å². The summed E-state index contributed by atoms with van der Waals surface area (Å²) in [6.45, 7) is 3.84. The molecule has 0 aliphatic heterocycles. The number of hydrogen-bond donors (Lipinski definition) is 1. The van der Waals surface area contributed by atoms with E-state index in [-0.39, 0.29) is 17.4 Å². The van der Waals surface area contributed by atoms with Crippen LogP contribution in [0.25, 0.3) is 0 Å². The molecule has 1 N–H and O–H groups in total. The van der Waals surface area contributed by atoms with Gasteiger partial charge in [-0.25, -0.2) is 4.79 Å². The van der Waals surface area contributed by atoms with Crippen molar-refractivity contribution in [2.24, 2.45) is 14.1 Å². The Bertz CT molecular complexity index is 935. The van der Waals surface area contributed by atoms with Gasteiger partial charge in [-0.2, -0.15) is 5.26 Å². The molecule has 0 aliphatic rings. The molecule has 0 radical (unpaired) electrons. The number of aryl methyl sites for hydroxylation is 1. The van der Waals surface area contributed by atoms with Crippen LogP contribution in [0.4, 0.5) is 5.82 Å². The Labute approximate surface area is 139 Å². The number of aromatic nitrogens is 2. The normalized spacial score (nSPS) is 11.7. The minimum absolute atomic E-state index is 0.0990. The molecule has 1 unspecified atom stereocenters. The summed E-state index contributed by atoms with van der Waals surface area (Å²) in [4.78, 5) is 24.3. The molecule has 1 aromatic heterocycles. The quantitative estimate of drug-likeness (QED) is 0.917. The lowest BCUT2D eigenvalue weighted by molar-refractivity contribution is 0.407. The Morgan fingerprint density at radius 3 is 2.50 bits per heavy atom. The van der Waals surface area contributed by atoms with Crippen molar-refractivity contribution in [2.45, 2.75) is 19.9 Å². The molecule has 2 aromatic rings. The largest absolute Gasteiger partial charge is 0.496 e. The highest BCUT2D eigenvalue weighted by Gasteiger charge is 2.19. The number of nitrogens with one attached hydrogen (secondary N) is 1. The molecule has 0 amide bonds. The Morgan fingerprint density at radius 2 is 1.92 bits per heavy atom. The molecular weight excluding hydrogens is 308 g/mol. The van der Waals surface area contributed by atoms with Crippen molar-refractivity contribution in [3.63, 3.8) is 0 Å². The molecule has 0 spiro atoms. The number of benzene rings is 1. The molecule has 7 heteroatoms. The van der Waals surface area contributed by atoms with Crippen LogP contribution in [-0.4, -0.2) is 16.2 Å². The highest BCUT2D eigenvalue weighted by atomic mass is 16.5. The monoisotopic (exact) mass is 328 g/mol. The van der Waals surface area contributed by atoms with Gasteiger partial charge < -0.3 is 10.1 Å². The zero-order chi connectivity index (χ0) is 18.0. The first kappa shape index (κ1) is 17.3. The number of methoxy groups -OCH3 is 1. The lowest BCUT2D eigenvalue weighted by Gasteiger charge is -2.21. The van der Waals surface area contributed by atoms with Crippen molar-refractivity contribution >= 4 is 5.82 Å². The number of nitriles is 1. The molecule has 1 atom stereocenters. The second-order valence-electron chi connectivity index (χ2n) is 5.65. The third kappa shape index (κ3) is 2.91. The van der Waals surface area contributed by atoms with Crippen LogP contribution in [0.15, 0.2) is 27.8 Å². The topological polar surface area (TPSA) is 89.1 Å². The van der Waals surface area contributed by atoms with E-state index in [1.165, 1.54) is 18.7 Å². The fourth-order valence-corrected chi connectivity index (χ4v) is 2.59. The molecule has 0 aliphatic carbocycles. The van der Waals surface area contributed by atoms with Crippen LogP contribution in [0, 0.1) is 18.3 Å². The molecule has 7 nitrogen and oxygen atoms in total. The summed E-state index contributed by atoms with van der Waals surface area (Å²) in [5.74, 6) is 0.884. The Morgan fingerprint density at radius 1 is 1.25 bits per heavy atom. The first-order valence-corrected chi connectivity index (χ1v) is 7.43. The van der Waals surface area contributed by atoms with E-state index in [4.69, 9.17) is 4.74 Å². The highest BCUT2D eigenvalue weighted by Crippen LogP contribution is 2.28. The molecule has 0 fully saturated rings. The molecule has 0 saturated heterocycles. The fourth-order valence-electron chi connectivity index (χ4n) is 2.59. The van der Waals surface area contributed by atoms with Crippen molar-refractivity contribution < 1.29 is 4.74 Å². The van der Waals surface area contributed by atoms with E-state index >= 15 is 0 Å². The minimum atomic E-state index is -0.619.